The van der Waals surface area contributed by atoms with Crippen LogP contribution >= 0.6 is 0 Å². The van der Waals surface area contributed by atoms with E-state index >= 15 is 0 Å². The fourth-order valence-corrected chi connectivity index (χ4v) is 11.4. The highest BCUT2D eigenvalue weighted by Crippen LogP contribution is 2.26. The van der Waals surface area contributed by atoms with Crippen molar-refractivity contribution in [3.63, 3.8) is 0 Å². The van der Waals surface area contributed by atoms with Crippen molar-refractivity contribution in [1.82, 2.24) is 5.32 Å². The molecular weight excluding hydrogens is 1000 g/mol. The van der Waals surface area contributed by atoms with Crippen LogP contribution in [0.4, 0.5) is 0 Å². The van der Waals surface area contributed by atoms with E-state index in [-0.39, 0.29) is 12.5 Å². The van der Waals surface area contributed by atoms with Crippen molar-refractivity contribution in [2.45, 2.75) is 371 Å². The third-order valence-corrected chi connectivity index (χ3v) is 16.5. The van der Waals surface area contributed by atoms with Crippen LogP contribution in [0, 0.1) is 0 Å². The maximum atomic E-state index is 13.2. The number of carbonyl (C=O) groups is 1. The summed E-state index contributed by atoms with van der Waals surface area (Å²) in [5, 5.41) is 45.1. The standard InChI is InChI=1S/C65H125NO11S/c1-3-5-7-9-11-13-15-17-19-20-21-22-23-24-25-26-27-28-29-30-31-32-33-34-35-36-37-38-39-40-41-43-45-47-49-51-53-55-61(69)66-58(57-75-65-63(71)64(77-78(72,73)74)62(70)60(56-67)76-65)59(68)54-52-50-48-46-44-42-18-16-14-12-10-8-6-4-2/h25-26,28-29,58-60,62-65,67-68,70-71H,3-24,27,30-57H2,1-2H3,(H,66,69)(H,72,73,74)/b26-25-,29-28-. The van der Waals surface area contributed by atoms with Gasteiger partial charge in [-0.1, -0.05) is 301 Å². The Bertz CT molecular complexity index is 1470. The van der Waals surface area contributed by atoms with Crippen molar-refractivity contribution in [2.24, 2.45) is 0 Å². The summed E-state index contributed by atoms with van der Waals surface area (Å²) >= 11 is 0. The Labute approximate surface area is 480 Å². The fraction of sp³-hybridized carbons (Fsp3) is 0.923. The quantitative estimate of drug-likeness (QED) is 0.0193. The van der Waals surface area contributed by atoms with Crippen molar-refractivity contribution in [2.75, 3.05) is 13.2 Å². The molecule has 6 N–H and O–H groups in total. The average Bonchev–Trinajstić information content (AvgIpc) is 3.46. The zero-order chi connectivity index (χ0) is 56.8. The lowest BCUT2D eigenvalue weighted by molar-refractivity contribution is -0.298. The van der Waals surface area contributed by atoms with E-state index in [0.29, 0.717) is 12.8 Å². The van der Waals surface area contributed by atoms with Gasteiger partial charge < -0.3 is 35.2 Å². The summed E-state index contributed by atoms with van der Waals surface area (Å²) in [4.78, 5) is 13.2. The Balaban J connectivity index is 2.16. The van der Waals surface area contributed by atoms with Crippen LogP contribution in [0.1, 0.15) is 328 Å². The van der Waals surface area contributed by atoms with Gasteiger partial charge in [0.05, 0.1) is 25.4 Å². The largest absolute Gasteiger partial charge is 0.397 e. The lowest BCUT2D eigenvalue weighted by Gasteiger charge is -2.41. The second kappa shape index (κ2) is 54.8. The van der Waals surface area contributed by atoms with E-state index < -0.39 is 59.9 Å². The number of aliphatic hydroxyl groups excluding tert-OH is 4. The molecule has 1 fully saturated rings. The summed E-state index contributed by atoms with van der Waals surface area (Å²) in [7, 11) is -5.08. The van der Waals surface area contributed by atoms with Gasteiger partial charge >= 0.3 is 10.4 Å². The van der Waals surface area contributed by atoms with Gasteiger partial charge in [-0.05, 0) is 44.9 Å². The Hall–Kier alpha value is -1.42. The van der Waals surface area contributed by atoms with Crippen LogP contribution in [0.2, 0.25) is 0 Å². The Morgan fingerprint density at radius 2 is 0.859 bits per heavy atom. The monoisotopic (exact) mass is 1130 g/mol. The molecule has 0 aromatic carbocycles. The van der Waals surface area contributed by atoms with E-state index in [2.05, 4.69) is 47.7 Å². The molecule has 1 saturated heterocycles. The summed E-state index contributed by atoms with van der Waals surface area (Å²) in [5.74, 6) is -0.225. The normalized spacial score (nSPS) is 18.9. The zero-order valence-electron chi connectivity index (χ0n) is 50.5. The van der Waals surface area contributed by atoms with Gasteiger partial charge in [0.25, 0.3) is 0 Å². The van der Waals surface area contributed by atoms with E-state index in [4.69, 9.17) is 9.47 Å². The summed E-state index contributed by atoms with van der Waals surface area (Å²) < 4.78 is 47.9. The van der Waals surface area contributed by atoms with Crippen molar-refractivity contribution < 1.29 is 51.8 Å². The molecule has 1 aliphatic rings. The molecule has 1 heterocycles. The van der Waals surface area contributed by atoms with Crippen LogP contribution in [-0.4, -0.2) is 95.4 Å². The molecule has 7 unspecified atom stereocenters. The smallest absolute Gasteiger partial charge is 0.394 e. The number of allylic oxidation sites excluding steroid dienone is 4. The highest BCUT2D eigenvalue weighted by atomic mass is 32.3. The highest BCUT2D eigenvalue weighted by molar-refractivity contribution is 7.80. The van der Waals surface area contributed by atoms with Gasteiger partial charge in [-0.25, -0.2) is 4.18 Å². The first-order chi connectivity index (χ1) is 38.0. The first-order valence-electron chi connectivity index (χ1n) is 33.2. The molecule has 0 saturated carbocycles. The lowest BCUT2D eigenvalue weighted by Crippen LogP contribution is -2.61. The van der Waals surface area contributed by atoms with E-state index in [1.54, 1.807) is 0 Å². The minimum absolute atomic E-state index is 0.225. The molecule has 7 atom stereocenters. The molecule has 0 aromatic heterocycles. The molecule has 0 bridgehead atoms. The minimum atomic E-state index is -5.08. The molecule has 13 heteroatoms. The minimum Gasteiger partial charge on any atom is -0.394 e. The van der Waals surface area contributed by atoms with E-state index in [0.717, 1.165) is 57.8 Å². The summed E-state index contributed by atoms with van der Waals surface area (Å²) in [6, 6.07) is -0.856. The third-order valence-electron chi connectivity index (χ3n) is 16.0. The van der Waals surface area contributed by atoms with Gasteiger partial charge in [0.1, 0.15) is 24.4 Å². The van der Waals surface area contributed by atoms with Gasteiger partial charge in [-0.15, -0.1) is 0 Å². The topological polar surface area (TPSA) is 192 Å². The van der Waals surface area contributed by atoms with Gasteiger partial charge in [-0.3, -0.25) is 9.35 Å². The van der Waals surface area contributed by atoms with Gasteiger partial charge in [0.2, 0.25) is 5.91 Å². The number of amides is 1. The summed E-state index contributed by atoms with van der Waals surface area (Å²) in [5.41, 5.74) is 0. The van der Waals surface area contributed by atoms with Crippen LogP contribution in [0.15, 0.2) is 24.3 Å². The Kier molecular flexibility index (Phi) is 52.4. The molecule has 462 valence electrons. The first-order valence-corrected chi connectivity index (χ1v) is 34.6. The average molecular weight is 1130 g/mol. The van der Waals surface area contributed by atoms with Crippen LogP contribution in [0.5, 0.6) is 0 Å². The first kappa shape index (κ1) is 74.6. The maximum Gasteiger partial charge on any atom is 0.397 e. The van der Waals surface area contributed by atoms with Crippen LogP contribution in [0.3, 0.4) is 0 Å². The molecule has 1 rings (SSSR count). The highest BCUT2D eigenvalue weighted by Gasteiger charge is 2.48. The van der Waals surface area contributed by atoms with Gasteiger partial charge in [0.15, 0.2) is 6.29 Å². The Morgan fingerprint density at radius 1 is 0.513 bits per heavy atom. The van der Waals surface area contributed by atoms with E-state index in [1.165, 1.54) is 244 Å². The van der Waals surface area contributed by atoms with Crippen molar-refractivity contribution in [3.05, 3.63) is 24.3 Å². The van der Waals surface area contributed by atoms with Crippen LogP contribution in [0.25, 0.3) is 0 Å². The SMILES string of the molecule is CCCCCCCCCCCCCCC/C=C\C/C=C\CCCCCCCCCCCCCCCCCCCC(=O)NC(COC1OC(CO)C(O)C(OS(=O)(=O)O)C1O)C(O)CCCCCCCCCCCCCCCC. The molecular formula is C65H125NO11S. The number of carbonyl (C=O) groups excluding carboxylic acids is 1. The van der Waals surface area contributed by atoms with Crippen LogP contribution in [-0.2, 0) is 28.9 Å². The van der Waals surface area contributed by atoms with Crippen molar-refractivity contribution >= 4 is 16.3 Å². The second-order valence-electron chi connectivity index (χ2n) is 23.4. The molecule has 0 aliphatic carbocycles. The second-order valence-corrected chi connectivity index (χ2v) is 24.5. The summed E-state index contributed by atoms with van der Waals surface area (Å²) in [6.45, 7) is 3.49. The number of rotatable bonds is 59. The molecule has 1 amide bonds. The number of nitrogens with one attached hydrogen (secondary N) is 1. The van der Waals surface area contributed by atoms with Crippen molar-refractivity contribution in [1.29, 1.82) is 0 Å². The fourth-order valence-electron chi connectivity index (χ4n) is 10.9. The van der Waals surface area contributed by atoms with E-state index in [1.807, 2.05) is 0 Å². The lowest BCUT2D eigenvalue weighted by atomic mass is 9.99. The van der Waals surface area contributed by atoms with E-state index in [9.17, 15) is 38.2 Å². The van der Waals surface area contributed by atoms with Crippen molar-refractivity contribution in [3.8, 4) is 0 Å². The predicted octanol–water partition coefficient (Wildman–Crippen LogP) is 16.7. The number of unbranched alkanes of at least 4 members (excludes halogenated alkanes) is 43. The molecule has 12 nitrogen and oxygen atoms in total. The van der Waals surface area contributed by atoms with Gasteiger partial charge in [-0.2, -0.15) is 8.42 Å². The molecule has 78 heavy (non-hydrogen) atoms. The number of aliphatic hydroxyl groups is 4. The number of hydrogen-bond acceptors (Lipinski definition) is 10. The van der Waals surface area contributed by atoms with Crippen LogP contribution < -0.4 is 5.32 Å². The predicted molar refractivity (Wildman–Crippen MR) is 324 cm³/mol. The number of ether oxygens (including phenoxy) is 2. The maximum absolute atomic E-state index is 13.2. The Morgan fingerprint density at radius 3 is 1.22 bits per heavy atom. The zero-order valence-corrected chi connectivity index (χ0v) is 51.3. The third kappa shape index (κ3) is 46.1. The molecule has 0 spiro atoms. The number of hydrogen-bond donors (Lipinski definition) is 6. The van der Waals surface area contributed by atoms with Gasteiger partial charge in [0, 0.05) is 6.42 Å². The summed E-state index contributed by atoms with van der Waals surface area (Å²) in [6.07, 6.45) is 60.8. The molecule has 0 radical (unpaired) electrons. The molecule has 1 aliphatic heterocycles. The molecule has 0 aromatic rings.